The van der Waals surface area contributed by atoms with Crippen molar-refractivity contribution in [1.82, 2.24) is 15.1 Å². The lowest BCUT2D eigenvalue weighted by molar-refractivity contribution is -0.384. The predicted molar refractivity (Wildman–Crippen MR) is 118 cm³/mol. The lowest BCUT2D eigenvalue weighted by Crippen LogP contribution is -2.53. The molecule has 2 aliphatic rings. The van der Waals surface area contributed by atoms with Crippen molar-refractivity contribution in [1.29, 1.82) is 0 Å². The first-order valence-electron chi connectivity index (χ1n) is 9.51. The number of hydrogen-bond donors (Lipinski definition) is 1. The van der Waals surface area contributed by atoms with Crippen molar-refractivity contribution in [3.8, 4) is 0 Å². The van der Waals surface area contributed by atoms with Crippen LogP contribution in [0.1, 0.15) is 12.5 Å². The van der Waals surface area contributed by atoms with Crippen molar-refractivity contribution in [3.63, 3.8) is 0 Å². The van der Waals surface area contributed by atoms with Crippen LogP contribution in [0.3, 0.4) is 0 Å². The molecule has 1 aromatic carbocycles. The average molecular weight is 443 g/mol. The molecule has 0 aromatic heterocycles. The number of carbonyl (C=O) groups is 3. The van der Waals surface area contributed by atoms with E-state index in [0.717, 1.165) is 0 Å². The molecular formula is C20H21N5O5S. The smallest absolute Gasteiger partial charge is 0.270 e. The second-order valence-corrected chi connectivity index (χ2v) is 7.40. The fourth-order valence-corrected chi connectivity index (χ4v) is 3.72. The number of benzene rings is 1. The Morgan fingerprint density at radius 1 is 1.29 bits per heavy atom. The molecule has 3 amide bonds. The van der Waals surface area contributed by atoms with E-state index >= 15 is 0 Å². The first-order chi connectivity index (χ1) is 14.7. The molecular weight excluding hydrogens is 422 g/mol. The van der Waals surface area contributed by atoms with Crippen LogP contribution < -0.4 is 10.2 Å². The summed E-state index contributed by atoms with van der Waals surface area (Å²) in [5.41, 5.74) is 0.639. The molecule has 0 saturated carbocycles. The van der Waals surface area contributed by atoms with Gasteiger partial charge < -0.3 is 9.80 Å². The van der Waals surface area contributed by atoms with E-state index in [0.29, 0.717) is 37.4 Å². The zero-order valence-electron chi connectivity index (χ0n) is 16.9. The summed E-state index contributed by atoms with van der Waals surface area (Å²) in [6.45, 7) is 7.24. The van der Waals surface area contributed by atoms with Gasteiger partial charge in [-0.2, -0.15) is 0 Å². The summed E-state index contributed by atoms with van der Waals surface area (Å²) in [4.78, 5) is 52.5. The fraction of sp³-hybridized carbons (Fsp3) is 0.300. The van der Waals surface area contributed by atoms with E-state index in [9.17, 15) is 24.5 Å². The van der Waals surface area contributed by atoms with Crippen molar-refractivity contribution in [2.24, 2.45) is 0 Å². The highest BCUT2D eigenvalue weighted by Crippen LogP contribution is 2.29. The lowest BCUT2D eigenvalue weighted by atomic mass is 10.0. The Balaban J connectivity index is 2.01. The van der Waals surface area contributed by atoms with Crippen LogP contribution in [-0.2, 0) is 14.4 Å². The van der Waals surface area contributed by atoms with Crippen molar-refractivity contribution >= 4 is 52.5 Å². The fourth-order valence-electron chi connectivity index (χ4n) is 3.47. The number of nitro groups is 1. The summed E-state index contributed by atoms with van der Waals surface area (Å²) >= 11 is 5.05. The summed E-state index contributed by atoms with van der Waals surface area (Å²) in [5.74, 6) is -1.30. The quantitative estimate of drug-likeness (QED) is 0.181. The Labute approximate surface area is 183 Å². The molecule has 0 bridgehead atoms. The zero-order chi connectivity index (χ0) is 22.7. The molecule has 1 aromatic rings. The summed E-state index contributed by atoms with van der Waals surface area (Å²) in [6.07, 6.45) is 2.82. The van der Waals surface area contributed by atoms with Crippen LogP contribution in [0.15, 0.2) is 36.4 Å². The maximum Gasteiger partial charge on any atom is 0.270 e. The monoisotopic (exact) mass is 443 g/mol. The molecule has 0 spiro atoms. The van der Waals surface area contributed by atoms with Gasteiger partial charge in [0.05, 0.1) is 4.92 Å². The van der Waals surface area contributed by atoms with E-state index in [1.165, 1.54) is 36.1 Å². The third-order valence-corrected chi connectivity index (χ3v) is 5.41. The van der Waals surface area contributed by atoms with Crippen LogP contribution in [0.5, 0.6) is 0 Å². The summed E-state index contributed by atoms with van der Waals surface area (Å²) in [6, 6.07) is 4.28. The third kappa shape index (κ3) is 4.61. The Hall–Kier alpha value is -3.60. The molecule has 1 N–H and O–H groups in total. The van der Waals surface area contributed by atoms with Gasteiger partial charge in [0.15, 0.2) is 5.11 Å². The number of rotatable bonds is 5. The van der Waals surface area contributed by atoms with Gasteiger partial charge >= 0.3 is 0 Å². The van der Waals surface area contributed by atoms with Gasteiger partial charge in [-0.05, 0) is 24.4 Å². The number of nitrogens with one attached hydrogen (secondary N) is 1. The van der Waals surface area contributed by atoms with E-state index < -0.39 is 16.7 Å². The topological polar surface area (TPSA) is 116 Å². The maximum atomic E-state index is 12.8. The molecule has 31 heavy (non-hydrogen) atoms. The van der Waals surface area contributed by atoms with Crippen LogP contribution in [0.4, 0.5) is 11.4 Å². The highest BCUT2D eigenvalue weighted by atomic mass is 32.1. The first kappa shape index (κ1) is 22.1. The Kier molecular flexibility index (Phi) is 6.44. The number of thiocarbonyl (C=S) groups is 1. The van der Waals surface area contributed by atoms with Crippen LogP contribution in [0.2, 0.25) is 0 Å². The minimum absolute atomic E-state index is 0.0200. The average Bonchev–Trinajstić information content (AvgIpc) is 2.74. The summed E-state index contributed by atoms with van der Waals surface area (Å²) < 4.78 is 0. The van der Waals surface area contributed by atoms with E-state index in [2.05, 4.69) is 11.9 Å². The van der Waals surface area contributed by atoms with Gasteiger partial charge in [0, 0.05) is 63.0 Å². The standard InChI is InChI=1S/C20H21N5O5S/c1-3-6-24-19(28)16(18(27)21-20(24)31)12-14-11-15(25(29)30)4-5-17(14)23-9-7-22(8-10-23)13(2)26/h3-5,11-12H,1,6-10H2,2H3,(H,21,27,31)/b16-12-. The number of hydrogen-bond acceptors (Lipinski definition) is 7. The van der Waals surface area contributed by atoms with Crippen molar-refractivity contribution < 1.29 is 19.3 Å². The normalized spacial score (nSPS) is 18.3. The van der Waals surface area contributed by atoms with Gasteiger partial charge in [0.2, 0.25) is 5.91 Å². The lowest BCUT2D eigenvalue weighted by Gasteiger charge is -2.36. The molecule has 0 radical (unpaired) electrons. The zero-order valence-corrected chi connectivity index (χ0v) is 17.7. The highest BCUT2D eigenvalue weighted by molar-refractivity contribution is 7.80. The van der Waals surface area contributed by atoms with Crippen molar-refractivity contribution in [3.05, 3.63) is 52.1 Å². The highest BCUT2D eigenvalue weighted by Gasteiger charge is 2.33. The van der Waals surface area contributed by atoms with Crippen molar-refractivity contribution in [2.45, 2.75) is 6.92 Å². The Bertz CT molecular complexity index is 1010. The van der Waals surface area contributed by atoms with Gasteiger partial charge in [0.1, 0.15) is 5.57 Å². The molecule has 162 valence electrons. The van der Waals surface area contributed by atoms with E-state index in [4.69, 9.17) is 12.2 Å². The maximum absolute atomic E-state index is 12.8. The van der Waals surface area contributed by atoms with Gasteiger partial charge in [-0.1, -0.05) is 6.08 Å². The summed E-state index contributed by atoms with van der Waals surface area (Å²) in [5, 5.41) is 13.7. The molecule has 2 saturated heterocycles. The predicted octanol–water partition coefficient (Wildman–Crippen LogP) is 1.08. The number of nitrogens with zero attached hydrogens (tertiary/aromatic N) is 4. The Morgan fingerprint density at radius 2 is 1.97 bits per heavy atom. The van der Waals surface area contributed by atoms with Gasteiger partial charge in [-0.25, -0.2) is 0 Å². The van der Waals surface area contributed by atoms with Crippen LogP contribution in [0.25, 0.3) is 6.08 Å². The minimum Gasteiger partial charge on any atom is -0.367 e. The molecule has 0 atom stereocenters. The van der Waals surface area contributed by atoms with Crippen LogP contribution in [0, 0.1) is 10.1 Å². The van der Waals surface area contributed by atoms with E-state index in [1.54, 1.807) is 11.0 Å². The number of anilines is 1. The molecule has 0 unspecified atom stereocenters. The number of nitro benzene ring substituents is 1. The minimum atomic E-state index is -0.672. The molecule has 3 rings (SSSR count). The van der Waals surface area contributed by atoms with Gasteiger partial charge in [-0.3, -0.25) is 34.7 Å². The number of non-ortho nitro benzene ring substituents is 1. The second-order valence-electron chi connectivity index (χ2n) is 7.02. The van der Waals surface area contributed by atoms with E-state index in [-0.39, 0.29) is 28.8 Å². The first-order valence-corrected chi connectivity index (χ1v) is 9.92. The molecule has 11 heteroatoms. The van der Waals surface area contributed by atoms with Crippen LogP contribution >= 0.6 is 12.2 Å². The number of carbonyl (C=O) groups excluding carboxylic acids is 3. The largest absolute Gasteiger partial charge is 0.367 e. The summed E-state index contributed by atoms with van der Waals surface area (Å²) in [7, 11) is 0. The number of piperazine rings is 1. The third-order valence-electron chi connectivity index (χ3n) is 5.08. The van der Waals surface area contributed by atoms with Crippen molar-refractivity contribution in [2.75, 3.05) is 37.6 Å². The Morgan fingerprint density at radius 3 is 2.55 bits per heavy atom. The van der Waals surface area contributed by atoms with Gasteiger partial charge in [-0.15, -0.1) is 6.58 Å². The van der Waals surface area contributed by atoms with E-state index in [1.807, 2.05) is 4.90 Å². The molecule has 2 heterocycles. The van der Waals surface area contributed by atoms with Gasteiger partial charge in [0.25, 0.3) is 17.5 Å². The molecule has 2 aliphatic heterocycles. The molecule has 2 fully saturated rings. The second kappa shape index (κ2) is 9.04. The molecule has 10 nitrogen and oxygen atoms in total. The van der Waals surface area contributed by atoms with Crippen LogP contribution in [-0.4, -0.2) is 70.3 Å². The molecule has 0 aliphatic carbocycles. The number of amides is 3. The SMILES string of the molecule is C=CCN1C(=O)/C(=C\c2cc([N+](=O)[O-])ccc2N2CCN(C(C)=O)CC2)C(=O)NC1=S.